The van der Waals surface area contributed by atoms with Crippen LogP contribution in [-0.2, 0) is 14.9 Å². The number of rotatable bonds is 2. The van der Waals surface area contributed by atoms with Gasteiger partial charge in [0.15, 0.2) is 6.29 Å². The number of ether oxygens (including phenoxy) is 3. The first-order chi connectivity index (χ1) is 13.1. The third kappa shape index (κ3) is 3.04. The number of hydrogen-bond donors (Lipinski definition) is 3. The minimum atomic E-state index is -1.31. The van der Waals surface area contributed by atoms with Gasteiger partial charge in [0, 0.05) is 16.9 Å². The van der Waals surface area contributed by atoms with Crippen LogP contribution in [0.2, 0.25) is 0 Å². The van der Waals surface area contributed by atoms with Gasteiger partial charge in [0.05, 0.1) is 19.3 Å². The predicted molar refractivity (Wildman–Crippen MR) is 98.4 cm³/mol. The van der Waals surface area contributed by atoms with Crippen molar-refractivity contribution in [2.24, 2.45) is 11.3 Å². The SMILES string of the molecule is CC1(C)[C@H](O[C@@H]2OC[C@@H](O)[C@@H](O)[C@H]2O)CC[C@@]2(C)c3cc(F)ccc3OC[C@@H]12. The van der Waals surface area contributed by atoms with Gasteiger partial charge >= 0.3 is 0 Å². The molecule has 6 nitrogen and oxygen atoms in total. The van der Waals surface area contributed by atoms with Crippen molar-refractivity contribution >= 4 is 0 Å². The van der Waals surface area contributed by atoms with Crippen LogP contribution in [0.25, 0.3) is 0 Å². The second-order valence-electron chi connectivity index (χ2n) is 9.16. The van der Waals surface area contributed by atoms with Crippen LogP contribution in [0.15, 0.2) is 18.2 Å². The first kappa shape index (κ1) is 20.0. The number of fused-ring (bicyclic) bond motifs is 3. The Morgan fingerprint density at radius 2 is 1.86 bits per heavy atom. The van der Waals surface area contributed by atoms with E-state index >= 15 is 0 Å². The molecule has 156 valence electrons. The van der Waals surface area contributed by atoms with Gasteiger partial charge in [-0.3, -0.25) is 0 Å². The maximum atomic E-state index is 13.9. The zero-order chi connectivity index (χ0) is 20.3. The smallest absolute Gasteiger partial charge is 0.186 e. The molecule has 4 rings (SSSR count). The van der Waals surface area contributed by atoms with Crippen molar-refractivity contribution < 1.29 is 33.9 Å². The molecule has 0 radical (unpaired) electrons. The summed E-state index contributed by atoms with van der Waals surface area (Å²) in [7, 11) is 0. The first-order valence-electron chi connectivity index (χ1n) is 9.88. The van der Waals surface area contributed by atoms with Crippen molar-refractivity contribution in [3.8, 4) is 5.75 Å². The Kier molecular flexibility index (Phi) is 4.95. The van der Waals surface area contributed by atoms with Crippen LogP contribution in [0.3, 0.4) is 0 Å². The van der Waals surface area contributed by atoms with Crippen LogP contribution in [0.5, 0.6) is 5.75 Å². The van der Waals surface area contributed by atoms with E-state index < -0.39 is 24.6 Å². The highest BCUT2D eigenvalue weighted by Crippen LogP contribution is 2.57. The summed E-state index contributed by atoms with van der Waals surface area (Å²) in [5, 5.41) is 29.8. The van der Waals surface area contributed by atoms with E-state index in [0.717, 1.165) is 17.7 Å². The van der Waals surface area contributed by atoms with Gasteiger partial charge in [-0.1, -0.05) is 20.8 Å². The van der Waals surface area contributed by atoms with E-state index in [1.54, 1.807) is 12.1 Å². The summed E-state index contributed by atoms with van der Waals surface area (Å²) < 4.78 is 31.5. The largest absolute Gasteiger partial charge is 0.493 e. The second-order valence-corrected chi connectivity index (χ2v) is 9.16. The summed E-state index contributed by atoms with van der Waals surface area (Å²) in [5.41, 5.74) is 0.296. The molecule has 2 aliphatic heterocycles. The third-order valence-corrected chi connectivity index (χ3v) is 7.14. The van der Waals surface area contributed by atoms with Gasteiger partial charge < -0.3 is 29.5 Å². The molecule has 2 heterocycles. The summed E-state index contributed by atoms with van der Waals surface area (Å²) in [6, 6.07) is 4.69. The average molecular weight is 396 g/mol. The number of halogens is 1. The van der Waals surface area contributed by atoms with Crippen LogP contribution < -0.4 is 4.74 Å². The van der Waals surface area contributed by atoms with Crippen molar-refractivity contribution in [2.45, 2.75) is 69.7 Å². The Labute approximate surface area is 164 Å². The van der Waals surface area contributed by atoms with Crippen molar-refractivity contribution in [3.05, 3.63) is 29.6 Å². The molecule has 0 amide bonds. The highest BCUT2D eigenvalue weighted by atomic mass is 19.1. The normalized spacial score (nSPS) is 42.2. The third-order valence-electron chi connectivity index (χ3n) is 7.14. The molecular formula is C21H29FO6. The van der Waals surface area contributed by atoms with Gasteiger partial charge in [0.1, 0.15) is 29.9 Å². The fraction of sp³-hybridized carbons (Fsp3) is 0.714. The van der Waals surface area contributed by atoms with Crippen LogP contribution in [-0.4, -0.2) is 59.2 Å². The zero-order valence-electron chi connectivity index (χ0n) is 16.5. The fourth-order valence-electron chi connectivity index (χ4n) is 5.30. The number of aliphatic hydroxyl groups is 3. The molecule has 7 heteroatoms. The van der Waals surface area contributed by atoms with Gasteiger partial charge in [-0.15, -0.1) is 0 Å². The van der Waals surface area contributed by atoms with Crippen molar-refractivity contribution in [1.82, 2.24) is 0 Å². The Morgan fingerprint density at radius 3 is 2.61 bits per heavy atom. The Bertz CT molecular complexity index is 740. The van der Waals surface area contributed by atoms with Crippen molar-refractivity contribution in [1.29, 1.82) is 0 Å². The topological polar surface area (TPSA) is 88.4 Å². The fourth-order valence-corrected chi connectivity index (χ4v) is 5.30. The van der Waals surface area contributed by atoms with E-state index in [1.807, 2.05) is 0 Å². The lowest BCUT2D eigenvalue weighted by Crippen LogP contribution is -2.60. The van der Waals surface area contributed by atoms with E-state index in [0.29, 0.717) is 13.0 Å². The predicted octanol–water partition coefficient (Wildman–Crippen LogP) is 1.74. The highest BCUT2D eigenvalue weighted by Gasteiger charge is 2.56. The van der Waals surface area contributed by atoms with Crippen LogP contribution in [0, 0.1) is 17.2 Å². The lowest BCUT2D eigenvalue weighted by molar-refractivity contribution is -0.300. The number of benzene rings is 1. The Balaban J connectivity index is 1.58. The molecule has 3 aliphatic rings. The maximum absolute atomic E-state index is 13.9. The molecule has 2 fully saturated rings. The molecule has 1 saturated heterocycles. The lowest BCUT2D eigenvalue weighted by Gasteiger charge is -2.57. The minimum absolute atomic E-state index is 0.0734. The van der Waals surface area contributed by atoms with E-state index in [9.17, 15) is 19.7 Å². The lowest BCUT2D eigenvalue weighted by atomic mass is 9.52. The first-order valence-corrected chi connectivity index (χ1v) is 9.88. The summed E-state index contributed by atoms with van der Waals surface area (Å²) in [5.74, 6) is 0.537. The number of hydrogen-bond acceptors (Lipinski definition) is 6. The second kappa shape index (κ2) is 6.92. The van der Waals surface area contributed by atoms with Crippen molar-refractivity contribution in [2.75, 3.05) is 13.2 Å². The summed E-state index contributed by atoms with van der Waals surface area (Å²) >= 11 is 0. The Morgan fingerprint density at radius 1 is 1.11 bits per heavy atom. The van der Waals surface area contributed by atoms with Crippen LogP contribution in [0.4, 0.5) is 4.39 Å². The molecule has 1 saturated carbocycles. The zero-order valence-corrected chi connectivity index (χ0v) is 16.5. The summed E-state index contributed by atoms with van der Waals surface area (Å²) in [6.07, 6.45) is -3.52. The van der Waals surface area contributed by atoms with Gasteiger partial charge in [0.25, 0.3) is 0 Å². The molecule has 0 bridgehead atoms. The Hall–Kier alpha value is -1.25. The summed E-state index contributed by atoms with van der Waals surface area (Å²) in [4.78, 5) is 0. The van der Waals surface area contributed by atoms with Crippen LogP contribution in [0.1, 0.15) is 39.2 Å². The quantitative estimate of drug-likeness (QED) is 0.706. The van der Waals surface area contributed by atoms with Gasteiger partial charge in [-0.05, 0) is 36.5 Å². The molecule has 0 unspecified atom stereocenters. The molecule has 1 aromatic carbocycles. The van der Waals surface area contributed by atoms with Crippen molar-refractivity contribution in [3.63, 3.8) is 0 Å². The standard InChI is InChI=1S/C21H29FO6/c1-20(2)15-10-26-14-5-4-11(22)8-12(14)21(15,3)7-6-16(20)28-19-18(25)17(24)13(23)9-27-19/h4-5,8,13,15-19,23-25H,6-7,9-10H2,1-3H3/t13-,15+,16-,17-,18-,19+,21+/m1/s1. The molecule has 7 atom stereocenters. The minimum Gasteiger partial charge on any atom is -0.493 e. The monoisotopic (exact) mass is 396 g/mol. The average Bonchev–Trinajstić information content (AvgIpc) is 2.64. The van der Waals surface area contributed by atoms with E-state index in [2.05, 4.69) is 20.8 Å². The highest BCUT2D eigenvalue weighted by molar-refractivity contribution is 5.43. The van der Waals surface area contributed by atoms with Crippen LogP contribution >= 0.6 is 0 Å². The number of aliphatic hydroxyl groups excluding tert-OH is 3. The molecule has 3 N–H and O–H groups in total. The van der Waals surface area contributed by atoms with Gasteiger partial charge in [-0.25, -0.2) is 4.39 Å². The maximum Gasteiger partial charge on any atom is 0.186 e. The molecule has 0 aromatic heterocycles. The molecule has 1 aliphatic carbocycles. The molecule has 0 spiro atoms. The molecular weight excluding hydrogens is 367 g/mol. The van der Waals surface area contributed by atoms with E-state index in [-0.39, 0.29) is 35.3 Å². The van der Waals surface area contributed by atoms with Gasteiger partial charge in [0.2, 0.25) is 0 Å². The van der Waals surface area contributed by atoms with E-state index in [4.69, 9.17) is 14.2 Å². The molecule has 1 aromatic rings. The molecule has 28 heavy (non-hydrogen) atoms. The van der Waals surface area contributed by atoms with E-state index in [1.165, 1.54) is 6.07 Å². The van der Waals surface area contributed by atoms with Gasteiger partial charge in [-0.2, -0.15) is 0 Å². The summed E-state index contributed by atoms with van der Waals surface area (Å²) in [6.45, 7) is 6.74.